The van der Waals surface area contributed by atoms with E-state index in [1.54, 1.807) is 0 Å². The Morgan fingerprint density at radius 2 is 1.83 bits per heavy atom. The lowest BCUT2D eigenvalue weighted by Gasteiger charge is -2.36. The second-order valence-corrected chi connectivity index (χ2v) is 6.54. The second kappa shape index (κ2) is 8.47. The van der Waals surface area contributed by atoms with E-state index in [9.17, 15) is 0 Å². The van der Waals surface area contributed by atoms with E-state index in [4.69, 9.17) is 0 Å². The topological polar surface area (TPSA) is 3.24 Å². The fraction of sp³-hybridized carbons (Fsp3) is 1.00. The summed E-state index contributed by atoms with van der Waals surface area (Å²) in [6, 6.07) is 0. The van der Waals surface area contributed by atoms with Crippen molar-refractivity contribution in [3.63, 3.8) is 0 Å². The van der Waals surface area contributed by atoms with Crippen LogP contribution in [0.3, 0.4) is 0 Å². The number of thiol groups is 1. The zero-order chi connectivity index (χ0) is 13.4. The lowest BCUT2D eigenvalue weighted by atomic mass is 9.83. The third kappa shape index (κ3) is 4.77. The molecular formula is C16H33NS. The zero-order valence-corrected chi connectivity index (χ0v) is 13.6. The number of likely N-dealkylation sites (tertiary alicyclic amines) is 1. The summed E-state index contributed by atoms with van der Waals surface area (Å²) in [6.45, 7) is 10.9. The van der Waals surface area contributed by atoms with Crippen LogP contribution in [0.4, 0.5) is 0 Å². The number of hydrogen-bond acceptors (Lipinski definition) is 2. The quantitative estimate of drug-likeness (QED) is 0.661. The van der Waals surface area contributed by atoms with Gasteiger partial charge in [-0.2, -0.15) is 12.6 Å². The molecule has 18 heavy (non-hydrogen) atoms. The molecule has 108 valence electrons. The molecule has 1 nitrogen and oxygen atoms in total. The van der Waals surface area contributed by atoms with E-state index in [0.717, 1.165) is 11.7 Å². The van der Waals surface area contributed by atoms with Crippen LogP contribution in [0.2, 0.25) is 0 Å². The van der Waals surface area contributed by atoms with E-state index >= 15 is 0 Å². The molecule has 0 aromatic rings. The van der Waals surface area contributed by atoms with Gasteiger partial charge in [-0.05, 0) is 62.3 Å². The van der Waals surface area contributed by atoms with Gasteiger partial charge in [0.15, 0.2) is 0 Å². The highest BCUT2D eigenvalue weighted by Crippen LogP contribution is 2.31. The maximum Gasteiger partial charge on any atom is 0.00456 e. The first-order valence-electron chi connectivity index (χ1n) is 8.03. The Kier molecular flexibility index (Phi) is 7.70. The Hall–Kier alpha value is 0.310. The lowest BCUT2D eigenvalue weighted by Crippen LogP contribution is -2.39. The van der Waals surface area contributed by atoms with Gasteiger partial charge >= 0.3 is 0 Å². The molecule has 1 saturated heterocycles. The smallest absolute Gasteiger partial charge is 0.00456 e. The molecule has 0 N–H and O–H groups in total. The van der Waals surface area contributed by atoms with Crippen molar-refractivity contribution < 1.29 is 0 Å². The third-order valence-corrected chi connectivity index (χ3v) is 5.70. The van der Waals surface area contributed by atoms with E-state index in [-0.39, 0.29) is 0 Å². The average Bonchev–Trinajstić information content (AvgIpc) is 2.62. The Labute approximate surface area is 120 Å². The molecule has 1 rings (SSSR count). The number of nitrogens with zero attached hydrogens (tertiary/aromatic N) is 1. The minimum absolute atomic E-state index is 0.452. The first-order valence-corrected chi connectivity index (χ1v) is 8.66. The van der Waals surface area contributed by atoms with E-state index in [1.165, 1.54) is 64.6 Å². The summed E-state index contributed by atoms with van der Waals surface area (Å²) in [5, 5.41) is 0. The van der Waals surface area contributed by atoms with Crippen LogP contribution < -0.4 is 0 Å². The first-order chi connectivity index (χ1) is 8.69. The summed E-state index contributed by atoms with van der Waals surface area (Å²) in [6.07, 6.45) is 9.60. The van der Waals surface area contributed by atoms with Gasteiger partial charge in [0.05, 0.1) is 0 Å². The van der Waals surface area contributed by atoms with Crippen molar-refractivity contribution in [3.8, 4) is 0 Å². The van der Waals surface area contributed by atoms with Crippen LogP contribution in [0.15, 0.2) is 0 Å². The minimum atomic E-state index is 0.452. The molecule has 1 unspecified atom stereocenters. The molecule has 0 saturated carbocycles. The minimum Gasteiger partial charge on any atom is -0.303 e. The first kappa shape index (κ1) is 16.4. The van der Waals surface area contributed by atoms with Gasteiger partial charge in [0.1, 0.15) is 0 Å². The predicted octanol–water partition coefficient (Wildman–Crippen LogP) is 4.62. The van der Waals surface area contributed by atoms with Gasteiger partial charge in [0, 0.05) is 6.54 Å². The average molecular weight is 272 g/mol. The molecule has 0 aromatic carbocycles. The van der Waals surface area contributed by atoms with Crippen LogP contribution in [-0.2, 0) is 0 Å². The van der Waals surface area contributed by atoms with Crippen molar-refractivity contribution in [2.75, 3.05) is 25.4 Å². The number of rotatable bonds is 7. The monoisotopic (exact) mass is 271 g/mol. The fourth-order valence-corrected chi connectivity index (χ4v) is 3.85. The van der Waals surface area contributed by atoms with Crippen molar-refractivity contribution in [2.45, 2.75) is 65.7 Å². The summed E-state index contributed by atoms with van der Waals surface area (Å²) in [5.74, 6) is 2.03. The molecule has 1 aliphatic heterocycles. The van der Waals surface area contributed by atoms with Gasteiger partial charge < -0.3 is 4.90 Å². The maximum atomic E-state index is 4.61. The highest BCUT2D eigenvalue weighted by Gasteiger charge is 2.28. The van der Waals surface area contributed by atoms with Crippen molar-refractivity contribution >= 4 is 12.6 Å². The Morgan fingerprint density at radius 1 is 1.11 bits per heavy atom. The molecule has 0 amide bonds. The summed E-state index contributed by atoms with van der Waals surface area (Å²) in [4.78, 5) is 2.72. The summed E-state index contributed by atoms with van der Waals surface area (Å²) < 4.78 is 0. The van der Waals surface area contributed by atoms with Gasteiger partial charge in [0.25, 0.3) is 0 Å². The van der Waals surface area contributed by atoms with Gasteiger partial charge in [-0.3, -0.25) is 0 Å². The van der Waals surface area contributed by atoms with Crippen LogP contribution in [-0.4, -0.2) is 30.3 Å². The largest absolute Gasteiger partial charge is 0.303 e. The molecule has 1 aliphatic rings. The predicted molar refractivity (Wildman–Crippen MR) is 85.6 cm³/mol. The second-order valence-electron chi connectivity index (χ2n) is 6.23. The van der Waals surface area contributed by atoms with Gasteiger partial charge in [-0.25, -0.2) is 0 Å². The van der Waals surface area contributed by atoms with Crippen LogP contribution in [0.1, 0.15) is 65.7 Å². The van der Waals surface area contributed by atoms with Crippen molar-refractivity contribution in [2.24, 2.45) is 11.3 Å². The summed E-state index contributed by atoms with van der Waals surface area (Å²) in [5.41, 5.74) is 0.452. The standard InChI is InChI=1S/C16H33NS/c1-4-8-15-9-7-11-17(12-10-15)13-16(5-2,6-3)14-18/h15,18H,4-14H2,1-3H3. The normalized spacial score (nSPS) is 23.0. The van der Waals surface area contributed by atoms with Crippen LogP contribution in [0, 0.1) is 11.3 Å². The zero-order valence-electron chi connectivity index (χ0n) is 12.7. The molecule has 0 aromatic heterocycles. The molecule has 0 radical (unpaired) electrons. The van der Waals surface area contributed by atoms with Crippen LogP contribution in [0.25, 0.3) is 0 Å². The highest BCUT2D eigenvalue weighted by atomic mass is 32.1. The van der Waals surface area contributed by atoms with E-state index in [2.05, 4.69) is 38.3 Å². The van der Waals surface area contributed by atoms with Gasteiger partial charge in [-0.15, -0.1) is 0 Å². The Balaban J connectivity index is 2.47. The highest BCUT2D eigenvalue weighted by molar-refractivity contribution is 7.80. The molecule has 0 aliphatic carbocycles. The van der Waals surface area contributed by atoms with Crippen LogP contribution >= 0.6 is 12.6 Å². The van der Waals surface area contributed by atoms with E-state index in [1.807, 2.05) is 0 Å². The third-order valence-electron chi connectivity index (χ3n) is 5.03. The van der Waals surface area contributed by atoms with Crippen molar-refractivity contribution in [1.82, 2.24) is 4.90 Å². The fourth-order valence-electron chi connectivity index (χ4n) is 3.30. The molecule has 2 heteroatoms. The van der Waals surface area contributed by atoms with E-state index in [0.29, 0.717) is 5.41 Å². The summed E-state index contributed by atoms with van der Waals surface area (Å²) in [7, 11) is 0. The SMILES string of the molecule is CCCC1CCCN(CC(CC)(CC)CS)CC1. The van der Waals surface area contributed by atoms with Crippen LogP contribution in [0.5, 0.6) is 0 Å². The summed E-state index contributed by atoms with van der Waals surface area (Å²) >= 11 is 4.61. The van der Waals surface area contributed by atoms with Crippen molar-refractivity contribution in [1.29, 1.82) is 0 Å². The molecule has 1 atom stereocenters. The molecule has 1 heterocycles. The molecular weight excluding hydrogens is 238 g/mol. The molecule has 0 bridgehead atoms. The Bertz CT molecular complexity index is 205. The van der Waals surface area contributed by atoms with E-state index < -0.39 is 0 Å². The van der Waals surface area contributed by atoms with Gasteiger partial charge in [-0.1, -0.05) is 33.6 Å². The van der Waals surface area contributed by atoms with Gasteiger partial charge in [0.2, 0.25) is 0 Å². The molecule has 0 spiro atoms. The maximum absolute atomic E-state index is 4.61. The van der Waals surface area contributed by atoms with Crippen molar-refractivity contribution in [3.05, 3.63) is 0 Å². The lowest BCUT2D eigenvalue weighted by molar-refractivity contribution is 0.160. The number of hydrogen-bond donors (Lipinski definition) is 1. The molecule has 1 fully saturated rings. The Morgan fingerprint density at radius 3 is 2.39 bits per heavy atom.